The van der Waals surface area contributed by atoms with Gasteiger partial charge < -0.3 is 9.47 Å². The van der Waals surface area contributed by atoms with Crippen LogP contribution in [0.15, 0.2) is 18.3 Å². The zero-order valence-corrected chi connectivity index (χ0v) is 12.6. The van der Waals surface area contributed by atoms with Crippen molar-refractivity contribution in [3.05, 3.63) is 45.5 Å². The molecule has 1 aromatic heterocycles. The number of hydrogen-bond acceptors (Lipinski definition) is 5. The maximum atomic E-state index is 11.0. The van der Waals surface area contributed by atoms with Gasteiger partial charge in [-0.3, -0.25) is 4.79 Å². The SMILES string of the molecule is O=Cc1ccc(C#Cc2nc(Cl)ncc2Cl)c2c1OCCO2. The van der Waals surface area contributed by atoms with Gasteiger partial charge in [0.15, 0.2) is 17.8 Å². The van der Waals surface area contributed by atoms with Crippen molar-refractivity contribution in [1.82, 2.24) is 9.97 Å². The van der Waals surface area contributed by atoms with E-state index in [9.17, 15) is 4.79 Å². The standard InChI is InChI=1S/C15H8Cl2N2O3/c16-11-7-18-15(17)19-12(11)4-3-9-1-2-10(8-20)14-13(9)21-5-6-22-14/h1-2,7-8H,5-6H2. The lowest BCUT2D eigenvalue weighted by Crippen LogP contribution is -2.17. The van der Waals surface area contributed by atoms with Crippen LogP contribution in [0.1, 0.15) is 21.6 Å². The Balaban J connectivity index is 2.05. The lowest BCUT2D eigenvalue weighted by Gasteiger charge is -2.20. The van der Waals surface area contributed by atoms with Gasteiger partial charge in [0.05, 0.1) is 22.3 Å². The lowest BCUT2D eigenvalue weighted by atomic mass is 10.1. The van der Waals surface area contributed by atoms with E-state index in [0.29, 0.717) is 52.8 Å². The molecule has 0 bridgehead atoms. The normalized spacial score (nSPS) is 12.3. The van der Waals surface area contributed by atoms with Gasteiger partial charge in [-0.2, -0.15) is 0 Å². The number of aldehydes is 1. The fourth-order valence-electron chi connectivity index (χ4n) is 1.91. The van der Waals surface area contributed by atoms with Crippen molar-refractivity contribution in [3.63, 3.8) is 0 Å². The largest absolute Gasteiger partial charge is 0.485 e. The molecule has 7 heteroatoms. The molecule has 0 N–H and O–H groups in total. The molecule has 5 nitrogen and oxygen atoms in total. The van der Waals surface area contributed by atoms with E-state index in [0.717, 1.165) is 0 Å². The molecule has 1 aromatic carbocycles. The maximum Gasteiger partial charge on any atom is 0.223 e. The Morgan fingerprint density at radius 2 is 1.91 bits per heavy atom. The van der Waals surface area contributed by atoms with Gasteiger partial charge in [-0.25, -0.2) is 9.97 Å². The molecule has 22 heavy (non-hydrogen) atoms. The van der Waals surface area contributed by atoms with Gasteiger partial charge in [-0.15, -0.1) is 0 Å². The van der Waals surface area contributed by atoms with E-state index < -0.39 is 0 Å². The van der Waals surface area contributed by atoms with Gasteiger partial charge in [-0.1, -0.05) is 17.5 Å². The zero-order chi connectivity index (χ0) is 15.5. The molecule has 110 valence electrons. The highest BCUT2D eigenvalue weighted by molar-refractivity contribution is 6.32. The molecule has 2 heterocycles. The molecule has 3 rings (SSSR count). The molecule has 0 radical (unpaired) electrons. The van der Waals surface area contributed by atoms with Crippen LogP contribution in [0.25, 0.3) is 0 Å². The highest BCUT2D eigenvalue weighted by Gasteiger charge is 2.19. The van der Waals surface area contributed by atoms with Crippen LogP contribution in [0, 0.1) is 11.8 Å². The molecule has 0 atom stereocenters. The Labute approximate surface area is 136 Å². The summed E-state index contributed by atoms with van der Waals surface area (Å²) in [5, 5.41) is 0.360. The second kappa shape index (κ2) is 6.22. The third-order valence-electron chi connectivity index (χ3n) is 2.88. The Bertz CT molecular complexity index is 812. The number of halogens is 2. The monoisotopic (exact) mass is 334 g/mol. The molecule has 0 saturated heterocycles. The summed E-state index contributed by atoms with van der Waals surface area (Å²) < 4.78 is 11.0. The number of carbonyl (C=O) groups is 1. The van der Waals surface area contributed by atoms with Crippen molar-refractivity contribution < 1.29 is 14.3 Å². The molecular weight excluding hydrogens is 327 g/mol. The highest BCUT2D eigenvalue weighted by atomic mass is 35.5. The summed E-state index contributed by atoms with van der Waals surface area (Å²) in [6.07, 6.45) is 2.09. The van der Waals surface area contributed by atoms with Crippen LogP contribution >= 0.6 is 23.2 Å². The molecule has 0 amide bonds. The summed E-state index contributed by atoms with van der Waals surface area (Å²) in [5.74, 6) is 6.57. The minimum atomic E-state index is 0.0617. The zero-order valence-electron chi connectivity index (χ0n) is 11.1. The van der Waals surface area contributed by atoms with Crippen molar-refractivity contribution >= 4 is 29.5 Å². The molecule has 1 aliphatic heterocycles. The van der Waals surface area contributed by atoms with Crippen LogP contribution in [0.2, 0.25) is 10.3 Å². The van der Waals surface area contributed by atoms with Gasteiger partial charge in [0.25, 0.3) is 0 Å². The summed E-state index contributed by atoms with van der Waals surface area (Å²) in [6.45, 7) is 0.780. The van der Waals surface area contributed by atoms with Gasteiger partial charge in [0.2, 0.25) is 5.28 Å². The summed E-state index contributed by atoms with van der Waals surface area (Å²) in [4.78, 5) is 18.7. The number of hydrogen-bond donors (Lipinski definition) is 0. The quantitative estimate of drug-likeness (QED) is 0.456. The van der Waals surface area contributed by atoms with Crippen LogP contribution in [0.4, 0.5) is 0 Å². The second-order valence-corrected chi connectivity index (χ2v) is 5.01. The van der Waals surface area contributed by atoms with E-state index in [4.69, 9.17) is 32.7 Å². The highest BCUT2D eigenvalue weighted by Crippen LogP contribution is 2.36. The maximum absolute atomic E-state index is 11.0. The van der Waals surface area contributed by atoms with Crippen molar-refractivity contribution in [2.24, 2.45) is 0 Å². The Kier molecular flexibility index (Phi) is 4.14. The third kappa shape index (κ3) is 2.84. The minimum Gasteiger partial charge on any atom is -0.485 e. The number of fused-ring (bicyclic) bond motifs is 1. The molecule has 0 spiro atoms. The van der Waals surface area contributed by atoms with Crippen molar-refractivity contribution in [2.45, 2.75) is 0 Å². The smallest absolute Gasteiger partial charge is 0.223 e. The van der Waals surface area contributed by atoms with E-state index in [1.54, 1.807) is 12.1 Å². The molecule has 2 aromatic rings. The van der Waals surface area contributed by atoms with Gasteiger partial charge in [0, 0.05) is 0 Å². The molecular formula is C15H8Cl2N2O3. The van der Waals surface area contributed by atoms with E-state index in [1.165, 1.54) is 6.20 Å². The number of rotatable bonds is 1. The number of benzene rings is 1. The number of ether oxygens (including phenoxy) is 2. The molecule has 0 unspecified atom stereocenters. The summed E-state index contributed by atoms with van der Waals surface area (Å²) in [6, 6.07) is 3.31. The van der Waals surface area contributed by atoms with Crippen LogP contribution in [0.5, 0.6) is 11.5 Å². The van der Waals surface area contributed by atoms with Crippen LogP contribution in [-0.2, 0) is 0 Å². The Morgan fingerprint density at radius 3 is 2.68 bits per heavy atom. The third-order valence-corrected chi connectivity index (χ3v) is 3.33. The van der Waals surface area contributed by atoms with Crippen LogP contribution < -0.4 is 9.47 Å². The minimum absolute atomic E-state index is 0.0617. The Hall–Kier alpha value is -2.29. The fourth-order valence-corrected chi connectivity index (χ4v) is 2.18. The average Bonchev–Trinajstić information content (AvgIpc) is 2.55. The van der Waals surface area contributed by atoms with Crippen molar-refractivity contribution in [1.29, 1.82) is 0 Å². The lowest BCUT2D eigenvalue weighted by molar-refractivity contribution is 0.111. The first-order valence-corrected chi connectivity index (χ1v) is 7.02. The summed E-state index contributed by atoms with van der Waals surface area (Å²) >= 11 is 11.7. The fraction of sp³-hybridized carbons (Fsp3) is 0.133. The summed E-state index contributed by atoms with van der Waals surface area (Å²) in [7, 11) is 0. The summed E-state index contributed by atoms with van der Waals surface area (Å²) in [5.41, 5.74) is 1.31. The first-order valence-electron chi connectivity index (χ1n) is 6.27. The predicted molar refractivity (Wildman–Crippen MR) is 80.9 cm³/mol. The predicted octanol–water partition coefficient (Wildman–Crippen LogP) is 2.77. The van der Waals surface area contributed by atoms with Crippen molar-refractivity contribution in [2.75, 3.05) is 13.2 Å². The second-order valence-electron chi connectivity index (χ2n) is 4.26. The topological polar surface area (TPSA) is 61.3 Å². The average molecular weight is 335 g/mol. The van der Waals surface area contributed by atoms with E-state index >= 15 is 0 Å². The Morgan fingerprint density at radius 1 is 1.14 bits per heavy atom. The molecule has 0 saturated carbocycles. The van der Waals surface area contributed by atoms with Gasteiger partial charge in [-0.05, 0) is 29.7 Å². The van der Waals surface area contributed by atoms with Crippen LogP contribution in [-0.4, -0.2) is 29.5 Å². The first kappa shape index (κ1) is 14.6. The van der Waals surface area contributed by atoms with E-state index in [2.05, 4.69) is 21.8 Å². The molecule has 0 fully saturated rings. The van der Waals surface area contributed by atoms with E-state index in [-0.39, 0.29) is 5.28 Å². The number of aromatic nitrogens is 2. The van der Waals surface area contributed by atoms with E-state index in [1.807, 2.05) is 0 Å². The van der Waals surface area contributed by atoms with Crippen molar-refractivity contribution in [3.8, 4) is 23.3 Å². The first-order chi connectivity index (χ1) is 10.7. The number of nitrogens with zero attached hydrogens (tertiary/aromatic N) is 2. The van der Waals surface area contributed by atoms with Gasteiger partial charge in [0.1, 0.15) is 18.9 Å². The molecule has 1 aliphatic rings. The van der Waals surface area contributed by atoms with Crippen LogP contribution in [0.3, 0.4) is 0 Å². The number of carbonyl (C=O) groups excluding carboxylic acids is 1. The molecule has 0 aliphatic carbocycles. The van der Waals surface area contributed by atoms with Gasteiger partial charge >= 0.3 is 0 Å².